The molecule has 5 heteroatoms. The number of benzene rings is 1. The SMILES string of the molecule is CCNC(=NCCNC(C)(C)C)NC(C)c1cccc(N2CCCC2)c1. The van der Waals surface area contributed by atoms with Crippen molar-refractivity contribution in [1.29, 1.82) is 0 Å². The quantitative estimate of drug-likeness (QED) is 0.397. The third kappa shape index (κ3) is 6.87. The van der Waals surface area contributed by atoms with E-state index in [0.717, 1.165) is 25.6 Å². The fraction of sp³-hybridized carbons (Fsp3) is 0.667. The molecule has 1 aliphatic rings. The summed E-state index contributed by atoms with van der Waals surface area (Å²) >= 11 is 0. The molecule has 3 N–H and O–H groups in total. The van der Waals surface area contributed by atoms with Crippen LogP contribution in [0.4, 0.5) is 5.69 Å². The van der Waals surface area contributed by atoms with Gasteiger partial charge in [0.15, 0.2) is 5.96 Å². The van der Waals surface area contributed by atoms with E-state index in [-0.39, 0.29) is 11.6 Å². The van der Waals surface area contributed by atoms with Crippen molar-refractivity contribution in [2.45, 2.75) is 59.0 Å². The fourth-order valence-corrected chi connectivity index (χ4v) is 3.17. The summed E-state index contributed by atoms with van der Waals surface area (Å²) in [5.74, 6) is 0.877. The van der Waals surface area contributed by atoms with Crippen molar-refractivity contribution < 1.29 is 0 Å². The number of nitrogens with zero attached hydrogens (tertiary/aromatic N) is 2. The molecule has 0 aliphatic carbocycles. The maximum atomic E-state index is 4.70. The van der Waals surface area contributed by atoms with Gasteiger partial charge >= 0.3 is 0 Å². The second-order valence-electron chi connectivity index (χ2n) is 8.09. The van der Waals surface area contributed by atoms with Crippen molar-refractivity contribution >= 4 is 11.6 Å². The van der Waals surface area contributed by atoms with Gasteiger partial charge in [0.05, 0.1) is 12.6 Å². The van der Waals surface area contributed by atoms with E-state index in [1.54, 1.807) is 0 Å². The van der Waals surface area contributed by atoms with Gasteiger partial charge in [0.25, 0.3) is 0 Å². The Bertz CT molecular complexity index is 570. The van der Waals surface area contributed by atoms with E-state index in [1.807, 2.05) is 0 Å². The van der Waals surface area contributed by atoms with Crippen LogP contribution in [-0.2, 0) is 0 Å². The highest BCUT2D eigenvalue weighted by molar-refractivity contribution is 5.80. The summed E-state index contributed by atoms with van der Waals surface area (Å²) in [5, 5.41) is 10.4. The second-order valence-corrected chi connectivity index (χ2v) is 8.09. The molecule has 146 valence electrons. The van der Waals surface area contributed by atoms with Crippen LogP contribution in [0.15, 0.2) is 29.3 Å². The van der Waals surface area contributed by atoms with Gasteiger partial charge in [0.2, 0.25) is 0 Å². The monoisotopic (exact) mass is 359 g/mol. The number of hydrogen-bond acceptors (Lipinski definition) is 3. The molecule has 1 aliphatic heterocycles. The van der Waals surface area contributed by atoms with Gasteiger partial charge < -0.3 is 20.9 Å². The molecular weight excluding hydrogens is 322 g/mol. The average molecular weight is 360 g/mol. The summed E-state index contributed by atoms with van der Waals surface area (Å²) in [6, 6.07) is 9.11. The van der Waals surface area contributed by atoms with Gasteiger partial charge in [-0.2, -0.15) is 0 Å². The molecule has 1 atom stereocenters. The second kappa shape index (κ2) is 9.81. The lowest BCUT2D eigenvalue weighted by molar-refractivity contribution is 0.432. The van der Waals surface area contributed by atoms with E-state index >= 15 is 0 Å². The Morgan fingerprint density at radius 1 is 1.23 bits per heavy atom. The molecule has 1 unspecified atom stereocenters. The molecule has 0 radical (unpaired) electrons. The minimum atomic E-state index is 0.130. The third-order valence-electron chi connectivity index (χ3n) is 4.58. The van der Waals surface area contributed by atoms with Gasteiger partial charge in [-0.25, -0.2) is 0 Å². The third-order valence-corrected chi connectivity index (χ3v) is 4.58. The van der Waals surface area contributed by atoms with E-state index in [2.05, 4.69) is 79.7 Å². The van der Waals surface area contributed by atoms with Crippen LogP contribution in [-0.4, -0.2) is 44.2 Å². The molecular formula is C21H37N5. The Labute approximate surface area is 159 Å². The molecule has 1 aromatic carbocycles. The topological polar surface area (TPSA) is 51.7 Å². The van der Waals surface area contributed by atoms with Crippen molar-refractivity contribution in [3.8, 4) is 0 Å². The van der Waals surface area contributed by atoms with Crippen LogP contribution < -0.4 is 20.9 Å². The molecule has 0 spiro atoms. The largest absolute Gasteiger partial charge is 0.372 e. The minimum absolute atomic E-state index is 0.130. The minimum Gasteiger partial charge on any atom is -0.372 e. The normalized spacial score (nSPS) is 16.7. The Morgan fingerprint density at radius 3 is 2.62 bits per heavy atom. The molecule has 1 saturated heterocycles. The predicted octanol–water partition coefficient (Wildman–Crippen LogP) is 3.29. The summed E-state index contributed by atoms with van der Waals surface area (Å²) in [6.07, 6.45) is 2.61. The lowest BCUT2D eigenvalue weighted by Crippen LogP contribution is -2.40. The average Bonchev–Trinajstić information content (AvgIpc) is 3.12. The summed E-state index contributed by atoms with van der Waals surface area (Å²) < 4.78 is 0. The summed E-state index contributed by atoms with van der Waals surface area (Å²) in [5.41, 5.74) is 2.77. The predicted molar refractivity (Wildman–Crippen MR) is 113 cm³/mol. The number of anilines is 1. The van der Waals surface area contributed by atoms with Crippen LogP contribution in [0.3, 0.4) is 0 Å². The Morgan fingerprint density at radius 2 is 1.96 bits per heavy atom. The maximum Gasteiger partial charge on any atom is 0.191 e. The van der Waals surface area contributed by atoms with Crippen molar-refractivity contribution in [1.82, 2.24) is 16.0 Å². The van der Waals surface area contributed by atoms with Crippen LogP contribution in [0, 0.1) is 0 Å². The molecule has 0 amide bonds. The van der Waals surface area contributed by atoms with Gasteiger partial charge in [0.1, 0.15) is 0 Å². The number of hydrogen-bond donors (Lipinski definition) is 3. The first kappa shape index (κ1) is 20.6. The Kier molecular flexibility index (Phi) is 7.76. The molecule has 2 rings (SSSR count). The lowest BCUT2D eigenvalue weighted by Gasteiger charge is -2.22. The van der Waals surface area contributed by atoms with E-state index in [4.69, 9.17) is 4.99 Å². The Hall–Kier alpha value is -1.75. The first-order chi connectivity index (χ1) is 12.4. The van der Waals surface area contributed by atoms with E-state index in [9.17, 15) is 0 Å². The van der Waals surface area contributed by atoms with Crippen molar-refractivity contribution in [2.75, 3.05) is 37.6 Å². The van der Waals surface area contributed by atoms with Crippen LogP contribution >= 0.6 is 0 Å². The van der Waals surface area contributed by atoms with Crippen LogP contribution in [0.1, 0.15) is 59.1 Å². The summed E-state index contributed by atoms with van der Waals surface area (Å²) in [6.45, 7) is 15.7. The number of guanidine groups is 1. The molecule has 5 nitrogen and oxygen atoms in total. The molecule has 1 fully saturated rings. The first-order valence-corrected chi connectivity index (χ1v) is 10.0. The molecule has 0 saturated carbocycles. The van der Waals surface area contributed by atoms with Gasteiger partial charge in [-0.15, -0.1) is 0 Å². The highest BCUT2D eigenvalue weighted by atomic mass is 15.2. The van der Waals surface area contributed by atoms with Crippen LogP contribution in [0.2, 0.25) is 0 Å². The zero-order chi connectivity index (χ0) is 19.0. The summed E-state index contributed by atoms with van der Waals surface area (Å²) in [7, 11) is 0. The van der Waals surface area contributed by atoms with E-state index in [0.29, 0.717) is 0 Å². The smallest absolute Gasteiger partial charge is 0.191 e. The van der Waals surface area contributed by atoms with Crippen LogP contribution in [0.25, 0.3) is 0 Å². The molecule has 0 bridgehead atoms. The summed E-state index contributed by atoms with van der Waals surface area (Å²) in [4.78, 5) is 7.18. The van der Waals surface area contributed by atoms with Crippen LogP contribution in [0.5, 0.6) is 0 Å². The van der Waals surface area contributed by atoms with Gasteiger partial charge in [-0.1, -0.05) is 12.1 Å². The zero-order valence-electron chi connectivity index (χ0n) is 17.2. The van der Waals surface area contributed by atoms with E-state index < -0.39 is 0 Å². The molecule has 26 heavy (non-hydrogen) atoms. The van der Waals surface area contributed by atoms with Crippen molar-refractivity contribution in [2.24, 2.45) is 4.99 Å². The lowest BCUT2D eigenvalue weighted by atomic mass is 10.1. The maximum absolute atomic E-state index is 4.70. The van der Waals surface area contributed by atoms with Crippen molar-refractivity contribution in [3.05, 3.63) is 29.8 Å². The number of rotatable bonds is 7. The van der Waals surface area contributed by atoms with E-state index in [1.165, 1.54) is 37.2 Å². The Balaban J connectivity index is 1.95. The molecule has 1 heterocycles. The first-order valence-electron chi connectivity index (χ1n) is 10.0. The highest BCUT2D eigenvalue weighted by Crippen LogP contribution is 2.23. The van der Waals surface area contributed by atoms with Gasteiger partial charge in [-0.05, 0) is 65.2 Å². The zero-order valence-corrected chi connectivity index (χ0v) is 17.2. The standard InChI is InChI=1S/C21H37N5/c1-6-22-20(23-12-13-24-21(3,4)5)25-17(2)18-10-9-11-19(16-18)26-14-7-8-15-26/h9-11,16-17,24H,6-8,12-15H2,1-5H3,(H2,22,23,25). The number of aliphatic imine (C=N–C) groups is 1. The van der Waals surface area contributed by atoms with Gasteiger partial charge in [0, 0.05) is 37.4 Å². The van der Waals surface area contributed by atoms with Gasteiger partial charge in [-0.3, -0.25) is 4.99 Å². The fourth-order valence-electron chi connectivity index (χ4n) is 3.17. The highest BCUT2D eigenvalue weighted by Gasteiger charge is 2.14. The molecule has 0 aromatic heterocycles. The molecule has 1 aromatic rings. The number of nitrogens with one attached hydrogen (secondary N) is 3. The van der Waals surface area contributed by atoms with Crippen molar-refractivity contribution in [3.63, 3.8) is 0 Å².